The summed E-state index contributed by atoms with van der Waals surface area (Å²) in [5.74, 6) is 4.26. The van der Waals surface area contributed by atoms with Crippen molar-refractivity contribution in [3.8, 4) is 0 Å². The van der Waals surface area contributed by atoms with Crippen molar-refractivity contribution in [1.29, 1.82) is 0 Å². The highest BCUT2D eigenvalue weighted by atomic mass is 35.5. The number of nitrogens with one attached hydrogen (secondary N) is 1. The van der Waals surface area contributed by atoms with E-state index < -0.39 is 10.8 Å². The quantitative estimate of drug-likeness (QED) is 0.331. The Morgan fingerprint density at radius 1 is 1.57 bits per heavy atom. The Morgan fingerprint density at radius 2 is 2.21 bits per heavy atom. The van der Waals surface area contributed by atoms with Gasteiger partial charge in [0.15, 0.2) is 0 Å². The Morgan fingerprint density at radius 3 is 2.71 bits per heavy atom. The predicted molar refractivity (Wildman–Crippen MR) is 49.8 cm³/mol. The van der Waals surface area contributed by atoms with E-state index in [2.05, 4.69) is 0 Å². The maximum Gasteiger partial charge on any atom is 0.288 e. The van der Waals surface area contributed by atoms with Gasteiger partial charge < -0.3 is 0 Å². The summed E-state index contributed by atoms with van der Waals surface area (Å²) in [5, 5.41) is 10.4. The van der Waals surface area contributed by atoms with Gasteiger partial charge in [-0.05, 0) is 12.1 Å². The van der Waals surface area contributed by atoms with E-state index in [1.54, 1.807) is 0 Å². The SMILES string of the molecule is NNC(=O)c1ccc(Cl)c([N+](=O)[O-])c1. The molecular weight excluding hydrogens is 210 g/mol. The van der Waals surface area contributed by atoms with Crippen molar-refractivity contribution in [2.45, 2.75) is 0 Å². The van der Waals surface area contributed by atoms with E-state index in [0.29, 0.717) is 0 Å². The molecule has 0 bridgehead atoms. The minimum Gasteiger partial charge on any atom is -0.290 e. The fraction of sp³-hybridized carbons (Fsp3) is 0. The number of rotatable bonds is 2. The van der Waals surface area contributed by atoms with Gasteiger partial charge in [-0.15, -0.1) is 0 Å². The summed E-state index contributed by atoms with van der Waals surface area (Å²) in [4.78, 5) is 20.8. The standard InChI is InChI=1S/C7H6ClN3O3/c8-5-2-1-4(7(12)10-9)3-6(5)11(13)14/h1-3H,9H2,(H,10,12). The molecule has 0 saturated carbocycles. The third-order valence-corrected chi connectivity index (χ3v) is 1.86. The maximum absolute atomic E-state index is 11.0. The molecule has 6 nitrogen and oxygen atoms in total. The summed E-state index contributed by atoms with van der Waals surface area (Å²) in [6.07, 6.45) is 0. The van der Waals surface area contributed by atoms with Gasteiger partial charge in [-0.25, -0.2) is 5.84 Å². The van der Waals surface area contributed by atoms with Crippen molar-refractivity contribution in [3.05, 3.63) is 38.9 Å². The molecule has 7 heteroatoms. The van der Waals surface area contributed by atoms with Gasteiger partial charge in [-0.1, -0.05) is 11.6 Å². The first-order valence-corrected chi connectivity index (χ1v) is 3.89. The van der Waals surface area contributed by atoms with Crippen LogP contribution in [0.25, 0.3) is 0 Å². The molecule has 74 valence electrons. The van der Waals surface area contributed by atoms with Gasteiger partial charge in [0.2, 0.25) is 0 Å². The fourth-order valence-electron chi connectivity index (χ4n) is 0.877. The van der Waals surface area contributed by atoms with Crippen LogP contribution in [-0.2, 0) is 0 Å². The zero-order valence-electron chi connectivity index (χ0n) is 6.86. The molecule has 14 heavy (non-hydrogen) atoms. The van der Waals surface area contributed by atoms with Gasteiger partial charge in [0.05, 0.1) is 4.92 Å². The molecule has 0 aromatic heterocycles. The maximum atomic E-state index is 11.0. The number of benzene rings is 1. The van der Waals surface area contributed by atoms with Crippen molar-refractivity contribution in [1.82, 2.24) is 5.43 Å². The number of hydrogen-bond donors (Lipinski definition) is 2. The summed E-state index contributed by atoms with van der Waals surface area (Å²) in [6, 6.07) is 3.67. The van der Waals surface area contributed by atoms with E-state index in [9.17, 15) is 14.9 Å². The molecule has 1 aromatic carbocycles. The molecule has 0 spiro atoms. The smallest absolute Gasteiger partial charge is 0.288 e. The molecule has 1 rings (SSSR count). The van der Waals surface area contributed by atoms with E-state index in [0.717, 1.165) is 6.07 Å². The summed E-state index contributed by atoms with van der Waals surface area (Å²) in [6.45, 7) is 0. The number of nitrogen functional groups attached to an aromatic ring is 1. The molecule has 0 atom stereocenters. The molecule has 0 fully saturated rings. The number of carbonyl (C=O) groups is 1. The number of nitrogens with two attached hydrogens (primary N) is 1. The Labute approximate surface area is 83.8 Å². The highest BCUT2D eigenvalue weighted by molar-refractivity contribution is 6.32. The number of hydrogen-bond acceptors (Lipinski definition) is 4. The number of amides is 1. The average molecular weight is 216 g/mol. The first-order chi connectivity index (χ1) is 6.56. The predicted octanol–water partition coefficient (Wildman–Crippen LogP) is 0.852. The van der Waals surface area contributed by atoms with E-state index >= 15 is 0 Å². The van der Waals surface area contributed by atoms with Crippen molar-refractivity contribution >= 4 is 23.2 Å². The third kappa shape index (κ3) is 1.98. The summed E-state index contributed by atoms with van der Waals surface area (Å²) in [5.41, 5.74) is 1.62. The second-order valence-electron chi connectivity index (χ2n) is 2.40. The lowest BCUT2D eigenvalue weighted by molar-refractivity contribution is -0.384. The van der Waals surface area contributed by atoms with Crippen molar-refractivity contribution in [2.24, 2.45) is 5.84 Å². The normalized spacial score (nSPS) is 9.57. The second kappa shape index (κ2) is 4.03. The number of hydrazine groups is 1. The van der Waals surface area contributed by atoms with Crippen LogP contribution in [0.4, 0.5) is 5.69 Å². The Bertz CT molecular complexity index is 394. The summed E-state index contributed by atoms with van der Waals surface area (Å²) in [7, 11) is 0. The van der Waals surface area contributed by atoms with Crippen LogP contribution in [-0.4, -0.2) is 10.8 Å². The van der Waals surface area contributed by atoms with Crippen LogP contribution >= 0.6 is 11.6 Å². The first kappa shape index (κ1) is 10.4. The average Bonchev–Trinajstić information content (AvgIpc) is 2.17. The molecule has 1 amide bonds. The topological polar surface area (TPSA) is 98.3 Å². The zero-order valence-corrected chi connectivity index (χ0v) is 7.62. The van der Waals surface area contributed by atoms with E-state index in [4.69, 9.17) is 17.4 Å². The van der Waals surface area contributed by atoms with Crippen LogP contribution < -0.4 is 11.3 Å². The number of nitrogens with zero attached hydrogens (tertiary/aromatic N) is 1. The number of nitro benzene ring substituents is 1. The molecular formula is C7H6ClN3O3. The lowest BCUT2D eigenvalue weighted by Crippen LogP contribution is -2.29. The zero-order chi connectivity index (χ0) is 10.7. The lowest BCUT2D eigenvalue weighted by Gasteiger charge is -2.00. The van der Waals surface area contributed by atoms with Crippen LogP contribution in [0, 0.1) is 10.1 Å². The number of nitro groups is 1. The summed E-state index contributed by atoms with van der Waals surface area (Å²) >= 11 is 5.53. The van der Waals surface area contributed by atoms with Gasteiger partial charge in [-0.3, -0.25) is 20.3 Å². The molecule has 3 N–H and O–H groups in total. The van der Waals surface area contributed by atoms with Crippen LogP contribution in [0.15, 0.2) is 18.2 Å². The Hall–Kier alpha value is -1.66. The summed E-state index contributed by atoms with van der Waals surface area (Å²) < 4.78 is 0. The number of carbonyl (C=O) groups excluding carboxylic acids is 1. The monoisotopic (exact) mass is 215 g/mol. The highest BCUT2D eigenvalue weighted by Gasteiger charge is 2.15. The van der Waals surface area contributed by atoms with Gasteiger partial charge in [0.25, 0.3) is 11.6 Å². The van der Waals surface area contributed by atoms with E-state index in [-0.39, 0.29) is 16.3 Å². The van der Waals surface area contributed by atoms with Crippen molar-refractivity contribution in [2.75, 3.05) is 0 Å². The van der Waals surface area contributed by atoms with Crippen LogP contribution in [0.5, 0.6) is 0 Å². The minimum absolute atomic E-state index is 0.0245. The molecule has 0 aliphatic rings. The molecule has 0 radical (unpaired) electrons. The molecule has 0 heterocycles. The fourth-order valence-corrected chi connectivity index (χ4v) is 1.06. The van der Waals surface area contributed by atoms with Crippen molar-refractivity contribution < 1.29 is 9.72 Å². The van der Waals surface area contributed by atoms with Crippen LogP contribution in [0.3, 0.4) is 0 Å². The van der Waals surface area contributed by atoms with Crippen LogP contribution in [0.1, 0.15) is 10.4 Å². The highest BCUT2D eigenvalue weighted by Crippen LogP contribution is 2.24. The van der Waals surface area contributed by atoms with Gasteiger partial charge in [0.1, 0.15) is 5.02 Å². The van der Waals surface area contributed by atoms with E-state index in [1.165, 1.54) is 12.1 Å². The Balaban J connectivity index is 3.19. The van der Waals surface area contributed by atoms with Gasteiger partial charge >= 0.3 is 0 Å². The molecule has 0 aliphatic carbocycles. The Kier molecular flexibility index (Phi) is 3.00. The lowest BCUT2D eigenvalue weighted by atomic mass is 10.2. The van der Waals surface area contributed by atoms with E-state index in [1.807, 2.05) is 5.43 Å². The molecule has 0 unspecified atom stereocenters. The second-order valence-corrected chi connectivity index (χ2v) is 2.80. The molecule has 0 aliphatic heterocycles. The third-order valence-electron chi connectivity index (χ3n) is 1.54. The number of halogens is 1. The van der Waals surface area contributed by atoms with Crippen molar-refractivity contribution in [3.63, 3.8) is 0 Å². The largest absolute Gasteiger partial charge is 0.290 e. The first-order valence-electron chi connectivity index (χ1n) is 3.51. The minimum atomic E-state index is -0.671. The van der Waals surface area contributed by atoms with Crippen LogP contribution in [0.2, 0.25) is 5.02 Å². The van der Waals surface area contributed by atoms with Gasteiger partial charge in [0, 0.05) is 11.6 Å². The molecule has 0 saturated heterocycles. The molecule has 1 aromatic rings. The van der Waals surface area contributed by atoms with Gasteiger partial charge in [-0.2, -0.15) is 0 Å².